The zero-order chi connectivity index (χ0) is 15.1. The smallest absolute Gasteiger partial charge is 0.275 e. The maximum atomic E-state index is 12.6. The van der Waals surface area contributed by atoms with E-state index in [2.05, 4.69) is 4.98 Å². The number of hydrogen-bond acceptors (Lipinski definition) is 5. The number of sulfonamides is 1. The second kappa shape index (κ2) is 5.06. The van der Waals surface area contributed by atoms with Crippen LogP contribution in [0.15, 0.2) is 22.4 Å². The van der Waals surface area contributed by atoms with Gasteiger partial charge in [0.25, 0.3) is 10.0 Å². The lowest BCUT2D eigenvalue weighted by Gasteiger charge is -2.21. The van der Waals surface area contributed by atoms with Crippen molar-refractivity contribution in [2.75, 3.05) is 17.1 Å². The average molecular weight is 311 g/mol. The first-order chi connectivity index (χ1) is 9.23. The van der Waals surface area contributed by atoms with E-state index in [1.54, 1.807) is 14.0 Å². The van der Waals surface area contributed by atoms with Gasteiger partial charge in [0.05, 0.1) is 11.4 Å². The van der Waals surface area contributed by atoms with Crippen LogP contribution in [0.5, 0.6) is 0 Å². The highest BCUT2D eigenvalue weighted by molar-refractivity contribution is 7.94. The van der Waals surface area contributed by atoms with E-state index in [0.717, 1.165) is 22.5 Å². The topological polar surface area (TPSA) is 76.3 Å². The first-order valence-electron chi connectivity index (χ1n) is 6.02. The molecule has 20 heavy (non-hydrogen) atoms. The molecule has 0 fully saturated rings. The highest BCUT2D eigenvalue weighted by Crippen LogP contribution is 2.31. The van der Waals surface area contributed by atoms with Gasteiger partial charge in [0, 0.05) is 7.05 Å². The van der Waals surface area contributed by atoms with E-state index in [9.17, 15) is 8.42 Å². The number of nitrogens with zero attached hydrogens (tertiary/aromatic N) is 2. The molecule has 0 bridgehead atoms. The lowest BCUT2D eigenvalue weighted by Crippen LogP contribution is -2.27. The lowest BCUT2D eigenvalue weighted by atomic mass is 10.1. The standard InChI is InChI=1S/C13H17N3O2S2/c1-8-5-6-11(9(2)7-8)16(4)20(17,18)12-10(3)15-13(14)19-12/h5-7H,1-4H3,(H2,14,15). The zero-order valence-electron chi connectivity index (χ0n) is 11.8. The molecule has 108 valence electrons. The molecule has 0 aliphatic rings. The molecule has 0 radical (unpaired) electrons. The average Bonchev–Trinajstić information content (AvgIpc) is 2.68. The largest absolute Gasteiger partial charge is 0.375 e. The van der Waals surface area contributed by atoms with Crippen molar-refractivity contribution in [2.45, 2.75) is 25.0 Å². The Balaban J connectivity index is 2.51. The highest BCUT2D eigenvalue weighted by Gasteiger charge is 2.27. The number of rotatable bonds is 3. The molecule has 1 aromatic heterocycles. The zero-order valence-corrected chi connectivity index (χ0v) is 13.5. The van der Waals surface area contributed by atoms with Gasteiger partial charge in [-0.1, -0.05) is 29.0 Å². The summed E-state index contributed by atoms with van der Waals surface area (Å²) in [6.45, 7) is 5.51. The van der Waals surface area contributed by atoms with Crippen LogP contribution in [0, 0.1) is 20.8 Å². The van der Waals surface area contributed by atoms with Crippen LogP contribution < -0.4 is 10.0 Å². The molecule has 1 aromatic carbocycles. The summed E-state index contributed by atoms with van der Waals surface area (Å²) in [5.41, 5.74) is 8.68. The summed E-state index contributed by atoms with van der Waals surface area (Å²) in [6, 6.07) is 5.65. The van der Waals surface area contributed by atoms with Crippen molar-refractivity contribution in [1.29, 1.82) is 0 Å². The first-order valence-corrected chi connectivity index (χ1v) is 8.28. The molecule has 0 amide bonds. The van der Waals surface area contributed by atoms with Gasteiger partial charge in [-0.2, -0.15) is 0 Å². The molecule has 0 aliphatic heterocycles. The number of nitrogens with two attached hydrogens (primary N) is 1. The molecule has 0 spiro atoms. The molecule has 2 N–H and O–H groups in total. The van der Waals surface area contributed by atoms with Gasteiger partial charge in [0.15, 0.2) is 9.34 Å². The number of benzene rings is 1. The second-order valence-electron chi connectivity index (χ2n) is 4.69. The van der Waals surface area contributed by atoms with E-state index in [-0.39, 0.29) is 9.34 Å². The minimum atomic E-state index is -3.63. The van der Waals surface area contributed by atoms with Crippen molar-refractivity contribution in [2.24, 2.45) is 0 Å². The molecule has 2 rings (SSSR count). The fraction of sp³-hybridized carbons (Fsp3) is 0.308. The Morgan fingerprint density at radius 3 is 2.40 bits per heavy atom. The van der Waals surface area contributed by atoms with Crippen molar-refractivity contribution in [3.05, 3.63) is 35.0 Å². The van der Waals surface area contributed by atoms with Crippen molar-refractivity contribution in [3.8, 4) is 0 Å². The molecule has 2 aromatic rings. The summed E-state index contributed by atoms with van der Waals surface area (Å²) in [4.78, 5) is 3.98. The summed E-state index contributed by atoms with van der Waals surface area (Å²) in [5.74, 6) is 0. The molecule has 0 aliphatic carbocycles. The third kappa shape index (κ3) is 2.51. The van der Waals surface area contributed by atoms with Gasteiger partial charge in [-0.15, -0.1) is 0 Å². The van der Waals surface area contributed by atoms with Crippen molar-refractivity contribution in [3.63, 3.8) is 0 Å². The fourth-order valence-electron chi connectivity index (χ4n) is 2.05. The summed E-state index contributed by atoms with van der Waals surface area (Å²) < 4.78 is 26.8. The predicted molar refractivity (Wildman–Crippen MR) is 82.8 cm³/mol. The number of aromatic nitrogens is 1. The summed E-state index contributed by atoms with van der Waals surface area (Å²) in [7, 11) is -2.08. The van der Waals surface area contributed by atoms with Crippen LogP contribution in [0.25, 0.3) is 0 Å². The van der Waals surface area contributed by atoms with Crippen LogP contribution in [-0.2, 0) is 10.0 Å². The normalized spacial score (nSPS) is 11.6. The van der Waals surface area contributed by atoms with Gasteiger partial charge in [0.2, 0.25) is 0 Å². The Kier molecular flexibility index (Phi) is 3.75. The number of hydrogen-bond donors (Lipinski definition) is 1. The molecule has 5 nitrogen and oxygen atoms in total. The highest BCUT2D eigenvalue weighted by atomic mass is 32.2. The molecule has 0 unspecified atom stereocenters. The molecule has 7 heteroatoms. The first kappa shape index (κ1) is 14.8. The Hall–Kier alpha value is -1.60. The molecule has 0 saturated carbocycles. The number of nitrogen functional groups attached to an aromatic ring is 1. The van der Waals surface area contributed by atoms with Crippen LogP contribution in [-0.4, -0.2) is 20.4 Å². The minimum absolute atomic E-state index is 0.192. The van der Waals surface area contributed by atoms with E-state index in [1.165, 1.54) is 4.31 Å². The molecular weight excluding hydrogens is 294 g/mol. The van der Waals surface area contributed by atoms with Gasteiger partial charge < -0.3 is 5.73 Å². The van der Waals surface area contributed by atoms with Gasteiger partial charge in [-0.25, -0.2) is 13.4 Å². The molecular formula is C13H17N3O2S2. The predicted octanol–water partition coefficient (Wildman–Crippen LogP) is 2.48. The van der Waals surface area contributed by atoms with Crippen molar-refractivity contribution < 1.29 is 8.42 Å². The SMILES string of the molecule is Cc1ccc(N(C)S(=O)(=O)c2sc(N)nc2C)c(C)c1. The maximum Gasteiger partial charge on any atom is 0.275 e. The maximum absolute atomic E-state index is 12.6. The third-order valence-electron chi connectivity index (χ3n) is 3.06. The van der Waals surface area contributed by atoms with Crippen LogP contribution in [0.2, 0.25) is 0 Å². The van der Waals surface area contributed by atoms with E-state index in [1.807, 2.05) is 32.0 Å². The summed E-state index contributed by atoms with van der Waals surface area (Å²) in [5, 5.41) is 0.259. The van der Waals surface area contributed by atoms with Crippen molar-refractivity contribution in [1.82, 2.24) is 4.98 Å². The van der Waals surface area contributed by atoms with Gasteiger partial charge in [0.1, 0.15) is 0 Å². The van der Waals surface area contributed by atoms with Crippen LogP contribution in [0.3, 0.4) is 0 Å². The van der Waals surface area contributed by atoms with E-state index in [0.29, 0.717) is 11.4 Å². The Morgan fingerprint density at radius 2 is 1.90 bits per heavy atom. The van der Waals surface area contributed by atoms with Crippen LogP contribution in [0.1, 0.15) is 16.8 Å². The van der Waals surface area contributed by atoms with Gasteiger partial charge >= 0.3 is 0 Å². The summed E-state index contributed by atoms with van der Waals surface area (Å²) in [6.07, 6.45) is 0. The van der Waals surface area contributed by atoms with Crippen LogP contribution in [0.4, 0.5) is 10.8 Å². The Morgan fingerprint density at radius 1 is 1.25 bits per heavy atom. The van der Waals surface area contributed by atoms with E-state index < -0.39 is 10.0 Å². The fourth-order valence-corrected chi connectivity index (χ4v) is 4.76. The number of anilines is 2. The number of thiazole rings is 1. The minimum Gasteiger partial charge on any atom is -0.375 e. The quantitative estimate of drug-likeness (QED) is 0.944. The third-order valence-corrected chi connectivity index (χ3v) is 6.40. The van der Waals surface area contributed by atoms with E-state index in [4.69, 9.17) is 5.73 Å². The van der Waals surface area contributed by atoms with Crippen LogP contribution >= 0.6 is 11.3 Å². The van der Waals surface area contributed by atoms with E-state index >= 15 is 0 Å². The summed E-state index contributed by atoms with van der Waals surface area (Å²) >= 11 is 0.990. The molecule has 1 heterocycles. The van der Waals surface area contributed by atoms with Gasteiger partial charge in [-0.3, -0.25) is 4.31 Å². The van der Waals surface area contributed by atoms with Gasteiger partial charge in [-0.05, 0) is 32.4 Å². The monoisotopic (exact) mass is 311 g/mol. The molecule has 0 saturated heterocycles. The molecule has 0 atom stereocenters. The second-order valence-corrected chi connectivity index (χ2v) is 7.88. The Labute approximate surface area is 123 Å². The Bertz CT molecular complexity index is 751. The number of aryl methyl sites for hydroxylation is 3. The lowest BCUT2D eigenvalue weighted by molar-refractivity contribution is 0.595. The van der Waals surface area contributed by atoms with Crippen molar-refractivity contribution >= 4 is 32.2 Å².